The molecule has 4 rings (SSSR count). The largest absolute Gasteiger partial charge is 0.543 e. The van der Waals surface area contributed by atoms with E-state index >= 15 is 0 Å². The SMILES string of the molecule is C[C@@H](CCn1cc(-c2nn(C3CCCCO3)c3ccc(O[Si](C)(C)C(C)(C)C)cc23)cn1)OCCCOS(C)(=O)=O. The average molecular weight is 607 g/mol. The van der Waals surface area contributed by atoms with E-state index < -0.39 is 18.4 Å². The van der Waals surface area contributed by atoms with Crippen LogP contribution in [0.15, 0.2) is 30.6 Å². The van der Waals surface area contributed by atoms with E-state index in [1.165, 1.54) is 0 Å². The quantitative estimate of drug-likeness (QED) is 0.130. The first-order chi connectivity index (χ1) is 19.2. The lowest BCUT2D eigenvalue weighted by atomic mass is 10.1. The van der Waals surface area contributed by atoms with Crippen LogP contribution in [0.3, 0.4) is 0 Å². The van der Waals surface area contributed by atoms with E-state index in [-0.39, 0.29) is 24.0 Å². The number of rotatable bonds is 13. The summed E-state index contributed by atoms with van der Waals surface area (Å²) in [6.45, 7) is 15.3. The van der Waals surface area contributed by atoms with E-state index in [2.05, 4.69) is 57.2 Å². The molecular weight excluding hydrogens is 560 g/mol. The van der Waals surface area contributed by atoms with Gasteiger partial charge in [-0.1, -0.05) is 20.8 Å². The van der Waals surface area contributed by atoms with Gasteiger partial charge >= 0.3 is 0 Å². The van der Waals surface area contributed by atoms with E-state index in [0.717, 1.165) is 66.5 Å². The Morgan fingerprint density at radius 2 is 1.98 bits per heavy atom. The predicted octanol–water partition coefficient (Wildman–Crippen LogP) is 6.14. The standard InChI is InChI=1S/C29H46N4O6SSi/c1-22(36-17-10-18-38-40(5,34)35)14-15-32-21-23(20-30-32)28-25-19-24(39-41(6,7)29(2,3)4)12-13-26(25)33(31-28)27-11-8-9-16-37-27/h12-13,19-22,27H,8-11,14-18H2,1-7H3/t22-,27?/m0/s1. The molecule has 10 nitrogen and oxygen atoms in total. The molecule has 0 saturated carbocycles. The molecule has 0 N–H and O–H groups in total. The van der Waals surface area contributed by atoms with Crippen molar-refractivity contribution in [1.29, 1.82) is 0 Å². The zero-order chi connectivity index (χ0) is 29.8. The topological polar surface area (TPSA) is 107 Å². The Hall–Kier alpha value is -2.25. The summed E-state index contributed by atoms with van der Waals surface area (Å²) >= 11 is 0. The number of ether oxygens (including phenoxy) is 2. The Kier molecular flexibility index (Phi) is 10.0. The average Bonchev–Trinajstić information content (AvgIpc) is 3.51. The second kappa shape index (κ2) is 12.9. The number of nitrogens with zero attached hydrogens (tertiary/aromatic N) is 4. The summed E-state index contributed by atoms with van der Waals surface area (Å²) in [6, 6.07) is 6.29. The van der Waals surface area contributed by atoms with Crippen LogP contribution < -0.4 is 4.43 Å². The van der Waals surface area contributed by atoms with E-state index in [1.807, 2.05) is 28.7 Å². The molecule has 1 saturated heterocycles. The Labute approximate surface area is 245 Å². The fourth-order valence-electron chi connectivity index (χ4n) is 4.54. The van der Waals surface area contributed by atoms with Gasteiger partial charge in [0.1, 0.15) is 11.4 Å². The van der Waals surface area contributed by atoms with Gasteiger partial charge in [-0.15, -0.1) is 0 Å². The zero-order valence-electron chi connectivity index (χ0n) is 25.6. The van der Waals surface area contributed by atoms with E-state index in [1.54, 1.807) is 0 Å². The summed E-state index contributed by atoms with van der Waals surface area (Å²) in [5.41, 5.74) is 2.85. The maximum absolute atomic E-state index is 11.1. The highest BCUT2D eigenvalue weighted by Gasteiger charge is 2.39. The molecule has 1 aromatic carbocycles. The predicted molar refractivity (Wildman–Crippen MR) is 163 cm³/mol. The normalized spacial score (nSPS) is 17.7. The van der Waals surface area contributed by atoms with E-state index in [0.29, 0.717) is 19.6 Å². The van der Waals surface area contributed by atoms with Crippen molar-refractivity contribution >= 4 is 29.3 Å². The van der Waals surface area contributed by atoms with Crippen molar-refractivity contribution in [2.45, 2.75) is 96.8 Å². The Balaban J connectivity index is 1.50. The molecule has 1 unspecified atom stereocenters. The van der Waals surface area contributed by atoms with E-state index in [9.17, 15) is 8.42 Å². The molecule has 2 atom stereocenters. The molecule has 1 aliphatic rings. The Bertz CT molecular complexity index is 1410. The van der Waals surface area contributed by atoms with Crippen molar-refractivity contribution in [3.8, 4) is 17.0 Å². The van der Waals surface area contributed by atoms with Gasteiger partial charge in [-0.25, -0.2) is 4.68 Å². The van der Waals surface area contributed by atoms with Crippen molar-refractivity contribution in [1.82, 2.24) is 19.6 Å². The van der Waals surface area contributed by atoms with Crippen molar-refractivity contribution < 1.29 is 26.5 Å². The molecule has 3 heterocycles. The summed E-state index contributed by atoms with van der Waals surface area (Å²) in [7, 11) is -5.42. The summed E-state index contributed by atoms with van der Waals surface area (Å²) in [5.74, 6) is 0.870. The highest BCUT2D eigenvalue weighted by molar-refractivity contribution is 7.85. The minimum absolute atomic E-state index is 0.000540. The van der Waals surface area contributed by atoms with Crippen LogP contribution in [-0.2, 0) is 30.3 Å². The monoisotopic (exact) mass is 606 g/mol. The number of hydrogen-bond acceptors (Lipinski definition) is 8. The molecule has 12 heteroatoms. The number of hydrogen-bond donors (Lipinski definition) is 0. The van der Waals surface area contributed by atoms with Crippen LogP contribution in [0.2, 0.25) is 18.1 Å². The second-order valence-electron chi connectivity index (χ2n) is 12.5. The first-order valence-corrected chi connectivity index (χ1v) is 19.3. The van der Waals surface area contributed by atoms with Crippen molar-refractivity contribution in [2.75, 3.05) is 26.1 Å². The lowest BCUT2D eigenvalue weighted by Gasteiger charge is -2.36. The zero-order valence-corrected chi connectivity index (χ0v) is 27.4. The third kappa shape index (κ3) is 8.41. The maximum atomic E-state index is 11.1. The first-order valence-electron chi connectivity index (χ1n) is 14.6. The van der Waals surface area contributed by atoms with Crippen LogP contribution in [0.25, 0.3) is 22.2 Å². The molecule has 3 aromatic rings. The van der Waals surface area contributed by atoms with Gasteiger partial charge in [0.15, 0.2) is 6.23 Å². The lowest BCUT2D eigenvalue weighted by Crippen LogP contribution is -2.43. The fraction of sp³-hybridized carbons (Fsp3) is 0.655. The molecule has 0 amide bonds. The molecule has 0 aliphatic carbocycles. The van der Waals surface area contributed by atoms with Crippen molar-refractivity contribution in [3.63, 3.8) is 0 Å². The number of fused-ring (bicyclic) bond motifs is 1. The van der Waals surface area contributed by atoms with Crippen molar-refractivity contribution in [3.05, 3.63) is 30.6 Å². The number of benzene rings is 1. The molecule has 0 radical (unpaired) electrons. The molecular formula is C29H46N4O6SSi. The summed E-state index contributed by atoms with van der Waals surface area (Å²) in [6.07, 6.45) is 9.29. The molecule has 41 heavy (non-hydrogen) atoms. The number of aromatic nitrogens is 4. The maximum Gasteiger partial charge on any atom is 0.264 e. The summed E-state index contributed by atoms with van der Waals surface area (Å²) < 4.78 is 49.4. The van der Waals surface area contributed by atoms with Gasteiger partial charge in [0.25, 0.3) is 10.1 Å². The van der Waals surface area contributed by atoms with Gasteiger partial charge < -0.3 is 13.9 Å². The van der Waals surface area contributed by atoms with Crippen LogP contribution >= 0.6 is 0 Å². The molecule has 2 aromatic heterocycles. The molecule has 1 fully saturated rings. The fourth-order valence-corrected chi connectivity index (χ4v) is 5.98. The van der Waals surface area contributed by atoms with Gasteiger partial charge in [0, 0.05) is 36.9 Å². The summed E-state index contributed by atoms with van der Waals surface area (Å²) in [5, 5.41) is 10.8. The highest BCUT2D eigenvalue weighted by atomic mass is 32.2. The Morgan fingerprint density at radius 3 is 2.66 bits per heavy atom. The van der Waals surface area contributed by atoms with Gasteiger partial charge in [0.2, 0.25) is 8.32 Å². The van der Waals surface area contributed by atoms with Crippen LogP contribution in [0.5, 0.6) is 5.75 Å². The minimum atomic E-state index is -3.41. The third-order valence-electron chi connectivity index (χ3n) is 7.95. The van der Waals surface area contributed by atoms with Gasteiger partial charge in [-0.2, -0.15) is 18.6 Å². The van der Waals surface area contributed by atoms with Crippen LogP contribution in [0.4, 0.5) is 0 Å². The lowest BCUT2D eigenvalue weighted by molar-refractivity contribution is -0.0365. The van der Waals surface area contributed by atoms with Crippen LogP contribution in [-0.4, -0.2) is 68.5 Å². The van der Waals surface area contributed by atoms with Crippen LogP contribution in [0.1, 0.15) is 66.0 Å². The first kappa shape index (κ1) is 31.7. The van der Waals surface area contributed by atoms with E-state index in [4.69, 9.17) is 23.2 Å². The van der Waals surface area contributed by atoms with Gasteiger partial charge in [-0.3, -0.25) is 8.86 Å². The third-order valence-corrected chi connectivity index (χ3v) is 12.9. The molecule has 0 bridgehead atoms. The van der Waals surface area contributed by atoms with Crippen molar-refractivity contribution in [2.24, 2.45) is 0 Å². The number of aryl methyl sites for hydroxylation is 1. The van der Waals surface area contributed by atoms with Crippen LogP contribution in [0, 0.1) is 0 Å². The van der Waals surface area contributed by atoms with Gasteiger partial charge in [-0.05, 0) is 75.4 Å². The smallest absolute Gasteiger partial charge is 0.264 e. The molecule has 228 valence electrons. The summed E-state index contributed by atoms with van der Waals surface area (Å²) in [4.78, 5) is 0. The molecule has 0 spiro atoms. The van der Waals surface area contributed by atoms with Gasteiger partial charge in [0.05, 0.1) is 30.7 Å². The second-order valence-corrected chi connectivity index (χ2v) is 18.9. The highest BCUT2D eigenvalue weighted by Crippen LogP contribution is 2.39. The Morgan fingerprint density at radius 1 is 1.20 bits per heavy atom. The molecule has 1 aliphatic heterocycles. The minimum Gasteiger partial charge on any atom is -0.543 e.